The van der Waals surface area contributed by atoms with E-state index in [4.69, 9.17) is 15.3 Å². The number of benzene rings is 1. The van der Waals surface area contributed by atoms with Crippen LogP contribution in [0.5, 0.6) is 0 Å². The van der Waals surface area contributed by atoms with Gasteiger partial charge in [-0.05, 0) is 24.1 Å². The quantitative estimate of drug-likeness (QED) is 0.430. The molecule has 0 spiro atoms. The molecule has 1 unspecified atom stereocenters. The average Bonchev–Trinajstić information content (AvgIpc) is 2.32. The van der Waals surface area contributed by atoms with Crippen LogP contribution in [-0.2, 0) is 15.9 Å². The first kappa shape index (κ1) is 13.1. The van der Waals surface area contributed by atoms with Crippen LogP contribution in [0, 0.1) is 5.82 Å². The van der Waals surface area contributed by atoms with Gasteiger partial charge in [0.15, 0.2) is 6.29 Å². The zero-order valence-electron chi connectivity index (χ0n) is 9.44. The van der Waals surface area contributed by atoms with E-state index in [2.05, 4.69) is 5.43 Å². The smallest absolute Gasteiger partial charge is 0.173 e. The van der Waals surface area contributed by atoms with Crippen molar-refractivity contribution in [3.63, 3.8) is 0 Å². The zero-order valence-corrected chi connectivity index (χ0v) is 9.44. The molecular formula is C11H17FN2O2. The van der Waals surface area contributed by atoms with Crippen molar-refractivity contribution in [2.75, 3.05) is 14.2 Å². The Bertz CT molecular complexity index is 301. The van der Waals surface area contributed by atoms with E-state index in [9.17, 15) is 4.39 Å². The molecule has 5 heteroatoms. The third kappa shape index (κ3) is 3.53. The minimum absolute atomic E-state index is 0.180. The fourth-order valence-electron chi connectivity index (χ4n) is 1.53. The van der Waals surface area contributed by atoms with Crippen LogP contribution in [0.3, 0.4) is 0 Å². The first-order chi connectivity index (χ1) is 7.71. The van der Waals surface area contributed by atoms with Crippen LogP contribution in [-0.4, -0.2) is 26.6 Å². The Morgan fingerprint density at radius 1 is 1.25 bits per heavy atom. The standard InChI is InChI=1S/C11H17FN2O2/c1-15-11(16-2)10(14-13)7-8-3-5-9(12)6-4-8/h3-6,10-11,14H,7,13H2,1-2H3. The molecule has 0 aromatic heterocycles. The first-order valence-electron chi connectivity index (χ1n) is 4.97. The molecule has 1 aromatic rings. The molecule has 1 atom stereocenters. The molecule has 0 saturated carbocycles. The fraction of sp³-hybridized carbons (Fsp3) is 0.455. The van der Waals surface area contributed by atoms with E-state index >= 15 is 0 Å². The predicted octanol–water partition coefficient (Wildman–Crippen LogP) is 0.819. The summed E-state index contributed by atoms with van der Waals surface area (Å²) in [5.41, 5.74) is 3.58. The van der Waals surface area contributed by atoms with Crippen LogP contribution in [0.25, 0.3) is 0 Å². The molecule has 16 heavy (non-hydrogen) atoms. The highest BCUT2D eigenvalue weighted by Crippen LogP contribution is 2.09. The Morgan fingerprint density at radius 3 is 2.25 bits per heavy atom. The van der Waals surface area contributed by atoms with E-state index in [1.54, 1.807) is 26.4 Å². The van der Waals surface area contributed by atoms with Gasteiger partial charge in [-0.25, -0.2) is 4.39 Å². The summed E-state index contributed by atoms with van der Waals surface area (Å²) in [6.45, 7) is 0. The summed E-state index contributed by atoms with van der Waals surface area (Å²) in [6, 6.07) is 6.07. The van der Waals surface area contributed by atoms with Gasteiger partial charge in [0.25, 0.3) is 0 Å². The van der Waals surface area contributed by atoms with Crippen molar-refractivity contribution in [2.24, 2.45) is 5.84 Å². The number of hydrogen-bond donors (Lipinski definition) is 2. The molecule has 0 heterocycles. The van der Waals surface area contributed by atoms with Gasteiger partial charge in [0.1, 0.15) is 5.82 Å². The summed E-state index contributed by atoms with van der Waals surface area (Å²) in [5, 5.41) is 0. The monoisotopic (exact) mass is 228 g/mol. The van der Waals surface area contributed by atoms with Gasteiger partial charge in [-0.3, -0.25) is 11.3 Å². The summed E-state index contributed by atoms with van der Waals surface area (Å²) < 4.78 is 22.9. The summed E-state index contributed by atoms with van der Waals surface area (Å²) in [4.78, 5) is 0. The van der Waals surface area contributed by atoms with Crippen molar-refractivity contribution < 1.29 is 13.9 Å². The van der Waals surface area contributed by atoms with E-state index in [1.165, 1.54) is 12.1 Å². The highest BCUT2D eigenvalue weighted by Gasteiger charge is 2.19. The van der Waals surface area contributed by atoms with Crippen LogP contribution in [0.2, 0.25) is 0 Å². The topological polar surface area (TPSA) is 56.5 Å². The maximum Gasteiger partial charge on any atom is 0.173 e. The SMILES string of the molecule is COC(OC)C(Cc1ccc(F)cc1)NN. The van der Waals surface area contributed by atoms with Crippen molar-refractivity contribution in [2.45, 2.75) is 18.8 Å². The number of nitrogens with two attached hydrogens (primary N) is 1. The van der Waals surface area contributed by atoms with E-state index in [-0.39, 0.29) is 11.9 Å². The Labute approximate surface area is 94.5 Å². The van der Waals surface area contributed by atoms with Gasteiger partial charge in [0.2, 0.25) is 0 Å². The molecule has 0 aliphatic heterocycles. The fourth-order valence-corrected chi connectivity index (χ4v) is 1.53. The van der Waals surface area contributed by atoms with Crippen molar-refractivity contribution in [1.29, 1.82) is 0 Å². The number of halogens is 1. The molecule has 3 N–H and O–H groups in total. The van der Waals surface area contributed by atoms with Crippen LogP contribution in [0.15, 0.2) is 24.3 Å². The summed E-state index contributed by atoms with van der Waals surface area (Å²) in [5.74, 6) is 5.16. The van der Waals surface area contributed by atoms with Crippen LogP contribution >= 0.6 is 0 Å². The van der Waals surface area contributed by atoms with Crippen molar-refractivity contribution in [1.82, 2.24) is 5.43 Å². The largest absolute Gasteiger partial charge is 0.354 e. The molecule has 0 aliphatic carbocycles. The Kier molecular flexibility index (Phi) is 5.34. The molecule has 0 saturated heterocycles. The molecule has 4 nitrogen and oxygen atoms in total. The van der Waals surface area contributed by atoms with E-state index in [0.29, 0.717) is 6.42 Å². The molecule has 0 amide bonds. The van der Waals surface area contributed by atoms with Gasteiger partial charge in [-0.15, -0.1) is 0 Å². The normalized spacial score (nSPS) is 13.1. The molecule has 1 aromatic carbocycles. The number of methoxy groups -OCH3 is 2. The van der Waals surface area contributed by atoms with Crippen molar-refractivity contribution in [3.8, 4) is 0 Å². The molecule has 0 bridgehead atoms. The lowest BCUT2D eigenvalue weighted by Crippen LogP contribution is -2.47. The lowest BCUT2D eigenvalue weighted by molar-refractivity contribution is -0.122. The highest BCUT2D eigenvalue weighted by molar-refractivity contribution is 5.17. The third-order valence-electron chi connectivity index (χ3n) is 2.38. The second kappa shape index (κ2) is 6.55. The van der Waals surface area contributed by atoms with Gasteiger partial charge in [-0.1, -0.05) is 12.1 Å². The lowest BCUT2D eigenvalue weighted by Gasteiger charge is -2.23. The highest BCUT2D eigenvalue weighted by atomic mass is 19.1. The number of hydrazine groups is 1. The summed E-state index contributed by atoms with van der Waals surface area (Å²) >= 11 is 0. The third-order valence-corrected chi connectivity index (χ3v) is 2.38. The number of ether oxygens (including phenoxy) is 2. The van der Waals surface area contributed by atoms with Gasteiger partial charge in [0, 0.05) is 14.2 Å². The molecular weight excluding hydrogens is 211 g/mol. The van der Waals surface area contributed by atoms with Gasteiger partial charge >= 0.3 is 0 Å². The van der Waals surface area contributed by atoms with Crippen LogP contribution in [0.1, 0.15) is 5.56 Å². The lowest BCUT2D eigenvalue weighted by atomic mass is 10.1. The number of rotatable bonds is 6. The second-order valence-corrected chi connectivity index (χ2v) is 3.44. The van der Waals surface area contributed by atoms with Gasteiger partial charge in [-0.2, -0.15) is 0 Å². The molecule has 0 aliphatic rings. The summed E-state index contributed by atoms with van der Waals surface area (Å²) in [6.07, 6.45) is 0.165. The minimum atomic E-state index is -0.435. The van der Waals surface area contributed by atoms with Crippen LogP contribution < -0.4 is 11.3 Å². The first-order valence-corrected chi connectivity index (χ1v) is 4.97. The van der Waals surface area contributed by atoms with Gasteiger partial charge in [0.05, 0.1) is 6.04 Å². The minimum Gasteiger partial charge on any atom is -0.354 e. The summed E-state index contributed by atoms with van der Waals surface area (Å²) in [7, 11) is 3.09. The predicted molar refractivity (Wildman–Crippen MR) is 59.0 cm³/mol. The van der Waals surface area contributed by atoms with E-state index in [0.717, 1.165) is 5.56 Å². The second-order valence-electron chi connectivity index (χ2n) is 3.44. The molecule has 90 valence electrons. The molecule has 0 fully saturated rings. The Morgan fingerprint density at radius 2 is 1.81 bits per heavy atom. The van der Waals surface area contributed by atoms with Crippen molar-refractivity contribution in [3.05, 3.63) is 35.6 Å². The van der Waals surface area contributed by atoms with E-state index < -0.39 is 6.29 Å². The molecule has 1 rings (SSSR count). The van der Waals surface area contributed by atoms with Crippen LogP contribution in [0.4, 0.5) is 4.39 Å². The Balaban J connectivity index is 2.65. The van der Waals surface area contributed by atoms with E-state index in [1.807, 2.05) is 0 Å². The average molecular weight is 228 g/mol. The van der Waals surface area contributed by atoms with Crippen molar-refractivity contribution >= 4 is 0 Å². The zero-order chi connectivity index (χ0) is 12.0. The number of hydrogen-bond acceptors (Lipinski definition) is 4. The number of nitrogens with one attached hydrogen (secondary N) is 1. The van der Waals surface area contributed by atoms with Gasteiger partial charge < -0.3 is 9.47 Å². The molecule has 0 radical (unpaired) electrons. The Hall–Kier alpha value is -1.01. The maximum absolute atomic E-state index is 12.7. The maximum atomic E-state index is 12.7.